The average Bonchev–Trinajstić information content (AvgIpc) is 3.34. The van der Waals surface area contributed by atoms with Crippen molar-refractivity contribution in [3.63, 3.8) is 0 Å². The molecule has 0 saturated heterocycles. The molecule has 0 amide bonds. The minimum absolute atomic E-state index is 0.236. The summed E-state index contributed by atoms with van der Waals surface area (Å²) in [5, 5.41) is 13.1. The molecule has 0 bridgehead atoms. The first-order chi connectivity index (χ1) is 18.8. The Morgan fingerprint density at radius 2 is 1.54 bits per heavy atom. The standard InChI is InChI=1S/C30H30O9/c1-17(31)38-27-24(28(32)37-5)25(18-9-7-6-8-10-18)30(19-11-13-20(34-2)14-12-19)29(27,33)26-22(36-4)15-21(35-3)16-23(26)39-30/h6-16,24-25,27,33H,1-5H3/t24-,25-,27-,29+,30+/m1/s1. The molecule has 0 unspecified atom stereocenters. The van der Waals surface area contributed by atoms with Gasteiger partial charge in [-0.2, -0.15) is 0 Å². The largest absolute Gasteiger partial charge is 0.497 e. The molecule has 9 nitrogen and oxygen atoms in total. The lowest BCUT2D eigenvalue weighted by molar-refractivity contribution is -0.185. The predicted octanol–water partition coefficient (Wildman–Crippen LogP) is 3.71. The Bertz CT molecular complexity index is 1390. The first-order valence-corrected chi connectivity index (χ1v) is 12.4. The fourth-order valence-corrected chi connectivity index (χ4v) is 6.21. The fraction of sp³-hybridized carbons (Fsp3) is 0.333. The molecule has 3 aromatic rings. The topological polar surface area (TPSA) is 110 Å². The minimum atomic E-state index is -2.10. The summed E-state index contributed by atoms with van der Waals surface area (Å²) in [6, 6.07) is 19.4. The van der Waals surface area contributed by atoms with Gasteiger partial charge in [0.25, 0.3) is 0 Å². The van der Waals surface area contributed by atoms with Crippen molar-refractivity contribution >= 4 is 11.9 Å². The van der Waals surface area contributed by atoms with Crippen LogP contribution in [0.15, 0.2) is 66.7 Å². The quantitative estimate of drug-likeness (QED) is 0.454. The van der Waals surface area contributed by atoms with Gasteiger partial charge in [-0.05, 0) is 23.3 Å². The van der Waals surface area contributed by atoms with Crippen molar-refractivity contribution in [2.45, 2.75) is 30.1 Å². The minimum Gasteiger partial charge on any atom is -0.497 e. The Balaban J connectivity index is 1.92. The summed E-state index contributed by atoms with van der Waals surface area (Å²) in [5.41, 5.74) is -2.32. The highest BCUT2D eigenvalue weighted by molar-refractivity contribution is 5.79. The Morgan fingerprint density at radius 1 is 0.872 bits per heavy atom. The van der Waals surface area contributed by atoms with Crippen LogP contribution in [0.4, 0.5) is 0 Å². The lowest BCUT2D eigenvalue weighted by atomic mass is 9.70. The molecular weight excluding hydrogens is 504 g/mol. The van der Waals surface area contributed by atoms with E-state index in [-0.39, 0.29) is 17.1 Å². The van der Waals surface area contributed by atoms with Gasteiger partial charge in [-0.25, -0.2) is 0 Å². The van der Waals surface area contributed by atoms with E-state index in [1.165, 1.54) is 28.3 Å². The summed E-state index contributed by atoms with van der Waals surface area (Å²) in [7, 11) is 5.77. The molecule has 204 valence electrons. The van der Waals surface area contributed by atoms with Crippen LogP contribution >= 0.6 is 0 Å². The van der Waals surface area contributed by atoms with E-state index in [1.807, 2.05) is 30.3 Å². The van der Waals surface area contributed by atoms with Crippen molar-refractivity contribution in [1.29, 1.82) is 0 Å². The molecule has 1 heterocycles. The predicted molar refractivity (Wildman–Crippen MR) is 139 cm³/mol. The molecule has 9 heteroatoms. The molecular formula is C30H30O9. The molecule has 0 aromatic heterocycles. The maximum Gasteiger partial charge on any atom is 0.313 e. The lowest BCUT2D eigenvalue weighted by Crippen LogP contribution is -2.53. The van der Waals surface area contributed by atoms with Gasteiger partial charge in [0.05, 0.1) is 34.0 Å². The number of carbonyl (C=O) groups is 2. The van der Waals surface area contributed by atoms with E-state index >= 15 is 0 Å². The molecule has 2 aliphatic rings. The third-order valence-corrected chi connectivity index (χ3v) is 7.69. The number of carbonyl (C=O) groups excluding carboxylic acids is 2. The van der Waals surface area contributed by atoms with Gasteiger partial charge in [-0.3, -0.25) is 9.59 Å². The molecule has 1 N–H and O–H groups in total. The average molecular weight is 535 g/mol. The van der Waals surface area contributed by atoms with Gasteiger partial charge in [0.15, 0.2) is 17.3 Å². The normalized spacial score (nSPS) is 26.6. The van der Waals surface area contributed by atoms with Crippen LogP contribution in [0.1, 0.15) is 29.5 Å². The van der Waals surface area contributed by atoms with Gasteiger partial charge in [-0.15, -0.1) is 0 Å². The van der Waals surface area contributed by atoms with E-state index in [0.29, 0.717) is 22.6 Å². The highest BCUT2D eigenvalue weighted by Crippen LogP contribution is 2.71. The Kier molecular flexibility index (Phi) is 6.64. The zero-order valence-electron chi connectivity index (χ0n) is 22.3. The lowest BCUT2D eigenvalue weighted by Gasteiger charge is -2.41. The zero-order valence-corrected chi connectivity index (χ0v) is 22.3. The second-order valence-corrected chi connectivity index (χ2v) is 9.50. The summed E-state index contributed by atoms with van der Waals surface area (Å²) in [4.78, 5) is 26.1. The van der Waals surface area contributed by atoms with Crippen molar-refractivity contribution in [1.82, 2.24) is 0 Å². The van der Waals surface area contributed by atoms with Gasteiger partial charge in [0.1, 0.15) is 28.9 Å². The number of hydrogen-bond donors (Lipinski definition) is 1. The van der Waals surface area contributed by atoms with Gasteiger partial charge in [0, 0.05) is 25.0 Å². The highest BCUT2D eigenvalue weighted by Gasteiger charge is 2.79. The first kappa shape index (κ1) is 26.4. The van der Waals surface area contributed by atoms with Crippen molar-refractivity contribution in [3.05, 3.63) is 83.4 Å². The zero-order chi connectivity index (χ0) is 27.9. The smallest absolute Gasteiger partial charge is 0.313 e. The van der Waals surface area contributed by atoms with Crippen LogP contribution in [0.25, 0.3) is 0 Å². The van der Waals surface area contributed by atoms with Gasteiger partial charge >= 0.3 is 11.9 Å². The number of methoxy groups -OCH3 is 4. The Morgan fingerprint density at radius 3 is 2.10 bits per heavy atom. The number of esters is 2. The number of rotatable bonds is 7. The molecule has 3 aromatic carbocycles. The molecule has 39 heavy (non-hydrogen) atoms. The van der Waals surface area contributed by atoms with Crippen LogP contribution in [-0.4, -0.2) is 51.6 Å². The van der Waals surface area contributed by atoms with Crippen LogP contribution < -0.4 is 18.9 Å². The number of hydrogen-bond acceptors (Lipinski definition) is 9. The Labute approximate surface area is 226 Å². The van der Waals surface area contributed by atoms with Crippen LogP contribution in [-0.2, 0) is 30.3 Å². The van der Waals surface area contributed by atoms with Gasteiger partial charge in [-0.1, -0.05) is 42.5 Å². The SMILES string of the molecule is COC(=O)[C@H]1[C@@H](OC(C)=O)[C@@]2(O)c3c(OC)cc(OC)cc3O[C@@]2(c2ccc(OC)cc2)[C@@H]1c1ccccc1. The van der Waals surface area contributed by atoms with E-state index < -0.39 is 41.1 Å². The number of ether oxygens (including phenoxy) is 6. The first-order valence-electron chi connectivity index (χ1n) is 12.4. The van der Waals surface area contributed by atoms with Crippen molar-refractivity contribution in [3.8, 4) is 23.0 Å². The third-order valence-electron chi connectivity index (χ3n) is 7.69. The molecule has 1 aliphatic heterocycles. The van der Waals surface area contributed by atoms with E-state index in [2.05, 4.69) is 0 Å². The van der Waals surface area contributed by atoms with Crippen molar-refractivity contribution in [2.24, 2.45) is 5.92 Å². The van der Waals surface area contributed by atoms with E-state index in [4.69, 9.17) is 28.4 Å². The van der Waals surface area contributed by atoms with Crippen molar-refractivity contribution < 1.29 is 43.1 Å². The van der Waals surface area contributed by atoms with Gasteiger partial charge < -0.3 is 33.5 Å². The molecule has 1 saturated carbocycles. The number of aliphatic hydroxyl groups is 1. The maximum absolute atomic E-state index is 13.6. The van der Waals surface area contributed by atoms with E-state index in [9.17, 15) is 14.7 Å². The monoisotopic (exact) mass is 534 g/mol. The second-order valence-electron chi connectivity index (χ2n) is 9.50. The van der Waals surface area contributed by atoms with Gasteiger partial charge in [0.2, 0.25) is 0 Å². The number of benzene rings is 3. The molecule has 5 rings (SSSR count). The molecule has 1 aliphatic carbocycles. The summed E-state index contributed by atoms with van der Waals surface area (Å²) in [6.45, 7) is 1.23. The molecule has 5 atom stereocenters. The van der Waals surface area contributed by atoms with E-state index in [0.717, 1.165) is 0 Å². The Hall–Kier alpha value is -4.24. The van der Waals surface area contributed by atoms with Crippen LogP contribution in [0.3, 0.4) is 0 Å². The molecule has 0 spiro atoms. The third kappa shape index (κ3) is 3.71. The van der Waals surface area contributed by atoms with Crippen molar-refractivity contribution in [2.75, 3.05) is 28.4 Å². The summed E-state index contributed by atoms with van der Waals surface area (Å²) in [5.74, 6) is -1.82. The van der Waals surface area contributed by atoms with Crippen LogP contribution in [0.5, 0.6) is 23.0 Å². The second kappa shape index (κ2) is 9.81. The summed E-state index contributed by atoms with van der Waals surface area (Å²) in [6.07, 6.45) is -1.40. The maximum atomic E-state index is 13.6. The fourth-order valence-electron chi connectivity index (χ4n) is 6.21. The van der Waals surface area contributed by atoms with Crippen LogP contribution in [0, 0.1) is 5.92 Å². The highest BCUT2D eigenvalue weighted by atomic mass is 16.6. The molecule has 1 fully saturated rings. The van der Waals surface area contributed by atoms with E-state index in [1.54, 1.807) is 43.5 Å². The van der Waals surface area contributed by atoms with Crippen LogP contribution in [0.2, 0.25) is 0 Å². The summed E-state index contributed by atoms with van der Waals surface area (Å²) < 4.78 is 34.4. The number of fused-ring (bicyclic) bond motifs is 3. The summed E-state index contributed by atoms with van der Waals surface area (Å²) >= 11 is 0. The molecule has 0 radical (unpaired) electrons.